The molecule has 0 spiro atoms. The van der Waals surface area contributed by atoms with E-state index in [1.165, 1.54) is 19.2 Å². The number of carbonyl (C=O) groups excluding carboxylic acids is 1. The number of rotatable bonds is 8. The van der Waals surface area contributed by atoms with Gasteiger partial charge in [0.1, 0.15) is 12.4 Å². The van der Waals surface area contributed by atoms with Crippen molar-refractivity contribution >= 4 is 17.5 Å². The summed E-state index contributed by atoms with van der Waals surface area (Å²) in [7, 11) is 3.06. The molecule has 0 unspecified atom stereocenters. The van der Waals surface area contributed by atoms with Crippen LogP contribution in [0.25, 0.3) is 0 Å². The maximum atomic E-state index is 13.1. The summed E-state index contributed by atoms with van der Waals surface area (Å²) in [5.74, 6) is 1.45. The molecule has 2 aromatic rings. The summed E-state index contributed by atoms with van der Waals surface area (Å²) in [4.78, 5) is 14.6. The average molecular weight is 472 g/mol. The number of carbonyl (C=O) groups is 1. The van der Waals surface area contributed by atoms with Gasteiger partial charge in [0, 0.05) is 18.8 Å². The van der Waals surface area contributed by atoms with Crippen LogP contribution in [0, 0.1) is 0 Å². The normalized spacial score (nSPS) is 15.8. The summed E-state index contributed by atoms with van der Waals surface area (Å²) in [6, 6.07) is 7.88. The molecule has 1 amide bonds. The molecule has 174 valence electrons. The molecule has 0 bridgehead atoms. The van der Waals surface area contributed by atoms with Crippen LogP contribution >= 0.6 is 11.6 Å². The molecule has 0 N–H and O–H groups in total. The topological polar surface area (TPSA) is 48.0 Å². The van der Waals surface area contributed by atoms with Crippen LogP contribution in [-0.2, 0) is 17.4 Å². The van der Waals surface area contributed by atoms with E-state index in [0.717, 1.165) is 23.3 Å². The smallest absolute Gasteiger partial charge is 0.416 e. The van der Waals surface area contributed by atoms with Gasteiger partial charge in [0.2, 0.25) is 5.91 Å². The van der Waals surface area contributed by atoms with Crippen molar-refractivity contribution in [3.63, 3.8) is 0 Å². The molecular formula is C23H25ClF3NO4. The lowest BCUT2D eigenvalue weighted by Gasteiger charge is -2.37. The molecule has 1 aliphatic rings. The highest BCUT2D eigenvalue weighted by atomic mass is 35.5. The van der Waals surface area contributed by atoms with Gasteiger partial charge in [-0.25, -0.2) is 0 Å². The third-order valence-corrected chi connectivity index (χ3v) is 5.68. The first kappa shape index (κ1) is 24.0. The van der Waals surface area contributed by atoms with Crippen molar-refractivity contribution in [2.24, 2.45) is 0 Å². The van der Waals surface area contributed by atoms with Gasteiger partial charge in [-0.3, -0.25) is 4.79 Å². The molecule has 0 aliphatic carbocycles. The van der Waals surface area contributed by atoms with E-state index >= 15 is 0 Å². The summed E-state index contributed by atoms with van der Waals surface area (Å²) in [6.45, 7) is 0.455. The molecule has 9 heteroatoms. The first-order valence-electron chi connectivity index (χ1n) is 10.2. The Kier molecular flexibility index (Phi) is 7.77. The Bertz CT molecular complexity index is 951. The Balaban J connectivity index is 1.92. The van der Waals surface area contributed by atoms with Crippen molar-refractivity contribution in [2.45, 2.75) is 31.5 Å². The van der Waals surface area contributed by atoms with Gasteiger partial charge < -0.3 is 19.1 Å². The molecule has 32 heavy (non-hydrogen) atoms. The number of benzene rings is 2. The second-order valence-electron chi connectivity index (χ2n) is 7.39. The fraction of sp³-hybridized carbons (Fsp3) is 0.435. The zero-order valence-corrected chi connectivity index (χ0v) is 18.6. The van der Waals surface area contributed by atoms with E-state index < -0.39 is 17.8 Å². The Morgan fingerprint density at radius 1 is 1.16 bits per heavy atom. The van der Waals surface area contributed by atoms with Gasteiger partial charge in [-0.15, -0.1) is 11.6 Å². The van der Waals surface area contributed by atoms with Gasteiger partial charge in [0.05, 0.1) is 25.8 Å². The second kappa shape index (κ2) is 10.3. The molecule has 0 saturated heterocycles. The summed E-state index contributed by atoms with van der Waals surface area (Å²) >= 11 is 5.75. The van der Waals surface area contributed by atoms with Crippen LogP contribution in [0.3, 0.4) is 0 Å². The van der Waals surface area contributed by atoms with Gasteiger partial charge in [-0.05, 0) is 54.3 Å². The van der Waals surface area contributed by atoms with E-state index in [0.29, 0.717) is 36.8 Å². The highest BCUT2D eigenvalue weighted by molar-refractivity contribution is 6.17. The molecule has 1 atom stereocenters. The maximum Gasteiger partial charge on any atom is 0.416 e. The minimum Gasteiger partial charge on any atom is -0.493 e. The molecule has 0 fully saturated rings. The van der Waals surface area contributed by atoms with Crippen molar-refractivity contribution < 1.29 is 32.2 Å². The van der Waals surface area contributed by atoms with Crippen LogP contribution in [0.1, 0.15) is 35.6 Å². The standard InChI is InChI=1S/C23H25ClF3NO4/c1-30-20-11-15-8-10-28(22(29)7-4-9-24)19(18(15)13-21(20)31-2)14-32-17-6-3-5-16(12-17)23(25,26)27/h3,5-6,11-13,19H,4,7-10,14H2,1-2H3/t19-/m1/s1. The number of halogens is 4. The minimum atomic E-state index is -4.47. The monoisotopic (exact) mass is 471 g/mol. The molecule has 1 aliphatic heterocycles. The number of ether oxygens (including phenoxy) is 3. The Morgan fingerprint density at radius 2 is 1.88 bits per heavy atom. The fourth-order valence-corrected chi connectivity index (χ4v) is 3.94. The second-order valence-corrected chi connectivity index (χ2v) is 7.77. The molecule has 5 nitrogen and oxygen atoms in total. The molecule has 0 aromatic heterocycles. The van der Waals surface area contributed by atoms with Crippen LogP contribution in [0.5, 0.6) is 17.2 Å². The zero-order chi connectivity index (χ0) is 23.3. The number of methoxy groups -OCH3 is 2. The maximum absolute atomic E-state index is 13.1. The van der Waals surface area contributed by atoms with Crippen molar-refractivity contribution in [1.29, 1.82) is 0 Å². The third-order valence-electron chi connectivity index (χ3n) is 5.42. The lowest BCUT2D eigenvalue weighted by atomic mass is 9.91. The summed E-state index contributed by atoms with van der Waals surface area (Å²) in [5, 5.41) is 0. The molecule has 3 rings (SSSR count). The number of alkyl halides is 4. The summed E-state index contributed by atoms with van der Waals surface area (Å²) < 4.78 is 55.7. The van der Waals surface area contributed by atoms with Crippen LogP contribution < -0.4 is 14.2 Å². The predicted octanol–water partition coefficient (Wildman–Crippen LogP) is 5.25. The van der Waals surface area contributed by atoms with Crippen LogP contribution in [0.2, 0.25) is 0 Å². The van der Waals surface area contributed by atoms with Crippen LogP contribution in [0.15, 0.2) is 36.4 Å². The van der Waals surface area contributed by atoms with E-state index in [2.05, 4.69) is 0 Å². The van der Waals surface area contributed by atoms with E-state index in [9.17, 15) is 18.0 Å². The Hall–Kier alpha value is -2.61. The van der Waals surface area contributed by atoms with Crippen molar-refractivity contribution in [3.05, 3.63) is 53.1 Å². The third kappa shape index (κ3) is 5.41. The molecular weight excluding hydrogens is 447 g/mol. The van der Waals surface area contributed by atoms with Crippen molar-refractivity contribution in [2.75, 3.05) is 33.3 Å². The number of amides is 1. The SMILES string of the molecule is COc1cc2c(cc1OC)[C@@H](COc1cccc(C(F)(F)F)c1)N(C(=O)CCCCl)CC2. The number of nitrogens with zero attached hydrogens (tertiary/aromatic N) is 1. The summed E-state index contributed by atoms with van der Waals surface area (Å²) in [6.07, 6.45) is -3.03. The average Bonchev–Trinajstić information content (AvgIpc) is 2.79. The zero-order valence-electron chi connectivity index (χ0n) is 17.9. The predicted molar refractivity (Wildman–Crippen MR) is 115 cm³/mol. The van der Waals surface area contributed by atoms with Gasteiger partial charge >= 0.3 is 6.18 Å². The lowest BCUT2D eigenvalue weighted by Crippen LogP contribution is -2.42. The number of hydrogen-bond acceptors (Lipinski definition) is 4. The lowest BCUT2D eigenvalue weighted by molar-refractivity contribution is -0.137. The molecule has 2 aromatic carbocycles. The minimum absolute atomic E-state index is 0.00356. The Labute approximate surface area is 190 Å². The van der Waals surface area contributed by atoms with Gasteiger partial charge in [0.25, 0.3) is 0 Å². The highest BCUT2D eigenvalue weighted by Gasteiger charge is 2.33. The van der Waals surface area contributed by atoms with Crippen LogP contribution in [0.4, 0.5) is 13.2 Å². The number of hydrogen-bond donors (Lipinski definition) is 0. The van der Waals surface area contributed by atoms with E-state index in [4.69, 9.17) is 25.8 Å². The number of fused-ring (bicyclic) bond motifs is 1. The largest absolute Gasteiger partial charge is 0.493 e. The highest BCUT2D eigenvalue weighted by Crippen LogP contribution is 2.39. The first-order chi connectivity index (χ1) is 15.3. The van der Waals surface area contributed by atoms with Gasteiger partial charge in [0.15, 0.2) is 11.5 Å². The van der Waals surface area contributed by atoms with Gasteiger partial charge in [-0.1, -0.05) is 6.07 Å². The fourth-order valence-electron chi connectivity index (χ4n) is 3.81. The quantitative estimate of drug-likeness (QED) is 0.494. The van der Waals surface area contributed by atoms with E-state index in [-0.39, 0.29) is 24.7 Å². The molecule has 0 radical (unpaired) electrons. The summed E-state index contributed by atoms with van der Waals surface area (Å²) in [5.41, 5.74) is 1.00. The van der Waals surface area contributed by atoms with Crippen molar-refractivity contribution in [1.82, 2.24) is 4.90 Å². The van der Waals surface area contributed by atoms with Gasteiger partial charge in [-0.2, -0.15) is 13.2 Å². The van der Waals surface area contributed by atoms with Crippen molar-refractivity contribution in [3.8, 4) is 17.2 Å². The molecule has 1 heterocycles. The first-order valence-corrected chi connectivity index (χ1v) is 10.7. The van der Waals surface area contributed by atoms with E-state index in [1.807, 2.05) is 6.07 Å². The van der Waals surface area contributed by atoms with Crippen LogP contribution in [-0.4, -0.2) is 44.1 Å². The Morgan fingerprint density at radius 3 is 2.53 bits per heavy atom. The molecule has 0 saturated carbocycles. The van der Waals surface area contributed by atoms with E-state index in [1.54, 1.807) is 18.1 Å².